The molecule has 0 aliphatic rings. The summed E-state index contributed by atoms with van der Waals surface area (Å²) in [5.74, 6) is 0.304. The van der Waals surface area contributed by atoms with E-state index in [9.17, 15) is 4.79 Å². The molecule has 5 heteroatoms. The van der Waals surface area contributed by atoms with Crippen molar-refractivity contribution in [1.82, 2.24) is 5.32 Å². The molecule has 1 aromatic rings. The zero-order valence-corrected chi connectivity index (χ0v) is 10.6. The number of unbranched alkanes of at least 4 members (excludes halogenated alkanes) is 2. The minimum absolute atomic E-state index is 0.191. The smallest absolute Gasteiger partial charge is 0.253 e. The molecule has 5 nitrogen and oxygen atoms in total. The van der Waals surface area contributed by atoms with Crippen LogP contribution in [-0.4, -0.2) is 31.3 Å². The lowest BCUT2D eigenvalue weighted by Gasteiger charge is -2.10. The third kappa shape index (κ3) is 3.92. The normalized spacial score (nSPS) is 10.1. The highest BCUT2D eigenvalue weighted by Crippen LogP contribution is 2.24. The van der Waals surface area contributed by atoms with Gasteiger partial charge in [-0.2, -0.15) is 0 Å². The average Bonchev–Trinajstić information content (AvgIpc) is 2.38. The lowest BCUT2D eigenvalue weighted by Crippen LogP contribution is -2.25. The number of anilines is 1. The molecule has 100 valence electrons. The highest BCUT2D eigenvalue weighted by molar-refractivity contribution is 6.00. The Labute approximate surface area is 107 Å². The number of amides is 1. The highest BCUT2D eigenvalue weighted by Gasteiger charge is 2.11. The standard InChI is InChI=1S/C13H20N2O3/c1-18-11-7-5-6-10(12(11)14)13(17)15-8-3-2-4-9-16/h5-7,16H,2-4,8-9,14H2,1H3,(H,15,17). The molecule has 0 spiro atoms. The zero-order chi connectivity index (χ0) is 13.4. The first kappa shape index (κ1) is 14.3. The number of para-hydroxylation sites is 1. The fourth-order valence-electron chi connectivity index (χ4n) is 1.63. The minimum Gasteiger partial charge on any atom is -0.495 e. The molecule has 1 rings (SSSR count). The lowest BCUT2D eigenvalue weighted by atomic mass is 10.1. The van der Waals surface area contributed by atoms with E-state index in [0.29, 0.717) is 23.5 Å². The zero-order valence-electron chi connectivity index (χ0n) is 10.6. The molecule has 0 aromatic heterocycles. The summed E-state index contributed by atoms with van der Waals surface area (Å²) < 4.78 is 5.06. The van der Waals surface area contributed by atoms with Gasteiger partial charge in [-0.05, 0) is 31.4 Å². The van der Waals surface area contributed by atoms with Crippen molar-refractivity contribution in [3.8, 4) is 5.75 Å². The number of benzene rings is 1. The number of rotatable bonds is 7. The first-order chi connectivity index (χ1) is 8.70. The second-order valence-corrected chi connectivity index (χ2v) is 3.96. The van der Waals surface area contributed by atoms with Crippen LogP contribution < -0.4 is 15.8 Å². The van der Waals surface area contributed by atoms with Crippen LogP contribution in [0.15, 0.2) is 18.2 Å². The van der Waals surface area contributed by atoms with E-state index in [2.05, 4.69) is 5.32 Å². The summed E-state index contributed by atoms with van der Waals surface area (Å²) in [6.07, 6.45) is 2.50. The Morgan fingerprint density at radius 2 is 2.17 bits per heavy atom. The Kier molecular flexibility index (Phi) is 6.00. The summed E-state index contributed by atoms with van der Waals surface area (Å²) in [6, 6.07) is 5.12. The molecule has 0 saturated carbocycles. The second kappa shape index (κ2) is 7.55. The number of nitrogens with two attached hydrogens (primary N) is 1. The maximum absolute atomic E-state index is 11.9. The molecule has 18 heavy (non-hydrogen) atoms. The fourth-order valence-corrected chi connectivity index (χ4v) is 1.63. The summed E-state index contributed by atoms with van der Waals surface area (Å²) in [7, 11) is 1.52. The molecule has 1 aromatic carbocycles. The number of nitrogen functional groups attached to an aromatic ring is 1. The van der Waals surface area contributed by atoms with Crippen molar-refractivity contribution in [3.05, 3.63) is 23.8 Å². The van der Waals surface area contributed by atoms with Crippen molar-refractivity contribution < 1.29 is 14.6 Å². The number of methoxy groups -OCH3 is 1. The van der Waals surface area contributed by atoms with Gasteiger partial charge in [0.25, 0.3) is 5.91 Å². The molecule has 0 unspecified atom stereocenters. The van der Waals surface area contributed by atoms with Crippen LogP contribution in [0.3, 0.4) is 0 Å². The molecular weight excluding hydrogens is 232 g/mol. The summed E-state index contributed by atoms with van der Waals surface area (Å²) in [4.78, 5) is 11.9. The van der Waals surface area contributed by atoms with E-state index < -0.39 is 0 Å². The van der Waals surface area contributed by atoms with Gasteiger partial charge in [-0.25, -0.2) is 0 Å². The van der Waals surface area contributed by atoms with Crippen molar-refractivity contribution in [2.24, 2.45) is 0 Å². The molecule has 0 bridgehead atoms. The van der Waals surface area contributed by atoms with Crippen molar-refractivity contribution >= 4 is 11.6 Å². The SMILES string of the molecule is COc1cccc(C(=O)NCCCCCO)c1N. The largest absolute Gasteiger partial charge is 0.495 e. The van der Waals surface area contributed by atoms with E-state index in [1.807, 2.05) is 0 Å². The van der Waals surface area contributed by atoms with E-state index in [1.54, 1.807) is 18.2 Å². The Morgan fingerprint density at radius 3 is 2.83 bits per heavy atom. The van der Waals surface area contributed by atoms with Crippen molar-refractivity contribution in [2.75, 3.05) is 26.0 Å². The van der Waals surface area contributed by atoms with E-state index >= 15 is 0 Å². The van der Waals surface area contributed by atoms with E-state index in [-0.39, 0.29) is 12.5 Å². The summed E-state index contributed by atoms with van der Waals surface area (Å²) in [6.45, 7) is 0.770. The first-order valence-corrected chi connectivity index (χ1v) is 6.02. The van der Waals surface area contributed by atoms with Crippen LogP contribution in [0.25, 0.3) is 0 Å². The third-order valence-corrected chi connectivity index (χ3v) is 2.65. The Bertz CT molecular complexity index is 394. The van der Waals surface area contributed by atoms with Crippen molar-refractivity contribution in [3.63, 3.8) is 0 Å². The lowest BCUT2D eigenvalue weighted by molar-refractivity contribution is 0.0953. The monoisotopic (exact) mass is 252 g/mol. The number of aliphatic hydroxyl groups excluding tert-OH is 1. The van der Waals surface area contributed by atoms with Gasteiger partial charge in [0.2, 0.25) is 0 Å². The minimum atomic E-state index is -0.199. The molecular formula is C13H20N2O3. The topological polar surface area (TPSA) is 84.6 Å². The van der Waals surface area contributed by atoms with Crippen LogP contribution in [0.5, 0.6) is 5.75 Å². The number of hydrogen-bond donors (Lipinski definition) is 3. The summed E-state index contributed by atoms with van der Waals surface area (Å²) >= 11 is 0. The number of hydrogen-bond acceptors (Lipinski definition) is 4. The first-order valence-electron chi connectivity index (χ1n) is 6.02. The molecule has 0 fully saturated rings. The van der Waals surface area contributed by atoms with Crippen LogP contribution in [0, 0.1) is 0 Å². The maximum Gasteiger partial charge on any atom is 0.253 e. The van der Waals surface area contributed by atoms with Gasteiger partial charge in [-0.15, -0.1) is 0 Å². The van der Waals surface area contributed by atoms with Gasteiger partial charge in [0.15, 0.2) is 0 Å². The quantitative estimate of drug-likeness (QED) is 0.502. The molecule has 0 atom stereocenters. The highest BCUT2D eigenvalue weighted by atomic mass is 16.5. The van der Waals surface area contributed by atoms with E-state index in [1.165, 1.54) is 7.11 Å². The third-order valence-electron chi connectivity index (χ3n) is 2.65. The van der Waals surface area contributed by atoms with Gasteiger partial charge in [-0.1, -0.05) is 6.07 Å². The van der Waals surface area contributed by atoms with E-state index in [0.717, 1.165) is 19.3 Å². The van der Waals surface area contributed by atoms with Crippen LogP contribution in [0.4, 0.5) is 5.69 Å². The van der Waals surface area contributed by atoms with Crippen molar-refractivity contribution in [2.45, 2.75) is 19.3 Å². The Balaban J connectivity index is 2.51. The molecule has 4 N–H and O–H groups in total. The van der Waals surface area contributed by atoms with E-state index in [4.69, 9.17) is 15.6 Å². The molecule has 0 saturated heterocycles. The Hall–Kier alpha value is -1.75. The molecule has 0 aliphatic carbocycles. The Morgan fingerprint density at radius 1 is 1.39 bits per heavy atom. The molecule has 0 radical (unpaired) electrons. The van der Waals surface area contributed by atoms with Crippen LogP contribution in [0.2, 0.25) is 0 Å². The van der Waals surface area contributed by atoms with Crippen LogP contribution in [-0.2, 0) is 0 Å². The molecule has 1 amide bonds. The maximum atomic E-state index is 11.9. The van der Waals surface area contributed by atoms with Gasteiger partial charge in [0, 0.05) is 13.2 Å². The van der Waals surface area contributed by atoms with Gasteiger partial charge >= 0.3 is 0 Å². The van der Waals surface area contributed by atoms with Gasteiger partial charge in [0.1, 0.15) is 5.75 Å². The number of nitrogens with one attached hydrogen (secondary N) is 1. The van der Waals surface area contributed by atoms with Gasteiger partial charge in [-0.3, -0.25) is 4.79 Å². The number of ether oxygens (including phenoxy) is 1. The second-order valence-electron chi connectivity index (χ2n) is 3.96. The summed E-state index contributed by atoms with van der Waals surface area (Å²) in [5.41, 5.74) is 6.61. The summed E-state index contributed by atoms with van der Waals surface area (Å²) in [5, 5.41) is 11.4. The average molecular weight is 252 g/mol. The van der Waals surface area contributed by atoms with Crippen LogP contribution in [0.1, 0.15) is 29.6 Å². The van der Waals surface area contributed by atoms with Gasteiger partial charge < -0.3 is 20.9 Å². The number of carbonyl (C=O) groups is 1. The molecule has 0 aliphatic heterocycles. The van der Waals surface area contributed by atoms with Crippen molar-refractivity contribution in [1.29, 1.82) is 0 Å². The van der Waals surface area contributed by atoms with Gasteiger partial charge in [0.05, 0.1) is 18.4 Å². The fraction of sp³-hybridized carbons (Fsp3) is 0.462. The predicted molar refractivity (Wildman–Crippen MR) is 70.7 cm³/mol. The van der Waals surface area contributed by atoms with Crippen LogP contribution >= 0.6 is 0 Å². The number of aliphatic hydroxyl groups is 1. The predicted octanol–water partition coefficient (Wildman–Crippen LogP) is 1.17. The number of carbonyl (C=O) groups excluding carboxylic acids is 1. The molecule has 0 heterocycles.